The third-order valence-electron chi connectivity index (χ3n) is 1.91. The van der Waals surface area contributed by atoms with E-state index in [9.17, 15) is 13.6 Å². The number of aromatic nitrogens is 1. The summed E-state index contributed by atoms with van der Waals surface area (Å²) in [6.07, 6.45) is -1.35. The molecule has 0 radical (unpaired) electrons. The molecular weight excluding hydrogens is 331 g/mol. The van der Waals surface area contributed by atoms with Gasteiger partial charge in [0.05, 0.1) is 12.2 Å². The van der Waals surface area contributed by atoms with Crippen LogP contribution < -0.4 is 0 Å². The van der Waals surface area contributed by atoms with E-state index in [2.05, 4.69) is 9.72 Å². The molecule has 0 aliphatic rings. The molecule has 0 spiro atoms. The van der Waals surface area contributed by atoms with Crippen LogP contribution in [-0.2, 0) is 4.74 Å². The zero-order valence-corrected chi connectivity index (χ0v) is 10.9. The topological polar surface area (TPSA) is 39.2 Å². The molecule has 0 aliphatic heterocycles. The molecule has 16 heavy (non-hydrogen) atoms. The van der Waals surface area contributed by atoms with E-state index in [0.29, 0.717) is 9.13 Å². The highest BCUT2D eigenvalue weighted by Gasteiger charge is 2.24. The van der Waals surface area contributed by atoms with Crippen molar-refractivity contribution in [2.24, 2.45) is 0 Å². The summed E-state index contributed by atoms with van der Waals surface area (Å²) in [6.45, 7) is 3.41. The van der Waals surface area contributed by atoms with Gasteiger partial charge < -0.3 is 4.74 Å². The minimum absolute atomic E-state index is 0.133. The summed E-state index contributed by atoms with van der Waals surface area (Å²) in [7, 11) is 0. The molecule has 0 saturated heterocycles. The van der Waals surface area contributed by atoms with Crippen molar-refractivity contribution in [3.63, 3.8) is 0 Å². The smallest absolute Gasteiger partial charge is 0.357 e. The van der Waals surface area contributed by atoms with Gasteiger partial charge in [-0.15, -0.1) is 0 Å². The second-order valence-electron chi connectivity index (χ2n) is 3.04. The number of carbonyl (C=O) groups excluding carboxylic acids is 1. The molecule has 0 bridgehead atoms. The van der Waals surface area contributed by atoms with Crippen LogP contribution in [0.2, 0.25) is 0 Å². The minimum Gasteiger partial charge on any atom is -0.461 e. The van der Waals surface area contributed by atoms with Gasteiger partial charge in [0.25, 0.3) is 6.43 Å². The molecule has 0 atom stereocenters. The summed E-state index contributed by atoms with van der Waals surface area (Å²) in [6, 6.07) is 0. The first-order chi connectivity index (χ1) is 7.49. The molecule has 1 aromatic heterocycles. The second kappa shape index (κ2) is 5.51. The van der Waals surface area contributed by atoms with E-state index in [1.165, 1.54) is 6.20 Å². The average molecular weight is 341 g/mol. The standard InChI is InChI=1S/C10H10F2INO2/c1-3-16-10(15)8-6(9(11)12)7(13)5(2)4-14-8/h4,9H,3H2,1-2H3. The summed E-state index contributed by atoms with van der Waals surface area (Å²) in [4.78, 5) is 15.1. The van der Waals surface area contributed by atoms with Gasteiger partial charge in [-0.3, -0.25) is 0 Å². The molecule has 0 aromatic carbocycles. The van der Waals surface area contributed by atoms with E-state index in [4.69, 9.17) is 0 Å². The Balaban J connectivity index is 3.28. The van der Waals surface area contributed by atoms with Gasteiger partial charge >= 0.3 is 5.97 Å². The number of alkyl halides is 2. The van der Waals surface area contributed by atoms with Crippen molar-refractivity contribution in [2.75, 3.05) is 6.61 Å². The minimum atomic E-state index is -2.74. The lowest BCUT2D eigenvalue weighted by Crippen LogP contribution is -2.13. The summed E-state index contributed by atoms with van der Waals surface area (Å²) >= 11 is 1.78. The molecule has 3 nitrogen and oxygen atoms in total. The SMILES string of the molecule is CCOC(=O)c1ncc(C)c(I)c1C(F)F. The quantitative estimate of drug-likeness (QED) is 0.627. The number of ether oxygens (including phenoxy) is 1. The van der Waals surface area contributed by atoms with Gasteiger partial charge in [0.15, 0.2) is 5.69 Å². The van der Waals surface area contributed by atoms with Crippen LogP contribution in [0.15, 0.2) is 6.20 Å². The zero-order chi connectivity index (χ0) is 12.3. The van der Waals surface area contributed by atoms with Crippen LogP contribution in [0.3, 0.4) is 0 Å². The van der Waals surface area contributed by atoms with Crippen molar-refractivity contribution in [3.8, 4) is 0 Å². The Bertz CT molecular complexity index is 410. The maximum Gasteiger partial charge on any atom is 0.357 e. The number of halogens is 3. The normalized spacial score (nSPS) is 10.6. The molecule has 0 saturated carbocycles. The van der Waals surface area contributed by atoms with Crippen molar-refractivity contribution in [3.05, 3.63) is 26.6 Å². The molecule has 0 fully saturated rings. The molecule has 0 aliphatic carbocycles. The number of nitrogens with zero attached hydrogens (tertiary/aromatic N) is 1. The van der Waals surface area contributed by atoms with E-state index < -0.39 is 12.4 Å². The lowest BCUT2D eigenvalue weighted by Gasteiger charge is -2.10. The Hall–Kier alpha value is -0.790. The van der Waals surface area contributed by atoms with Crippen LogP contribution in [-0.4, -0.2) is 17.6 Å². The van der Waals surface area contributed by atoms with Gasteiger partial charge in [-0.1, -0.05) is 0 Å². The van der Waals surface area contributed by atoms with Crippen LogP contribution in [0.25, 0.3) is 0 Å². The Kier molecular flexibility index (Phi) is 4.57. The van der Waals surface area contributed by atoms with Crippen LogP contribution in [0.4, 0.5) is 8.78 Å². The van der Waals surface area contributed by atoms with Crippen LogP contribution in [0.5, 0.6) is 0 Å². The van der Waals surface area contributed by atoms with Gasteiger partial charge in [-0.25, -0.2) is 18.6 Å². The van der Waals surface area contributed by atoms with E-state index in [0.717, 1.165) is 0 Å². The van der Waals surface area contributed by atoms with E-state index in [-0.39, 0.29) is 17.9 Å². The fraction of sp³-hybridized carbons (Fsp3) is 0.400. The van der Waals surface area contributed by atoms with Gasteiger partial charge in [0, 0.05) is 9.77 Å². The summed E-state index contributed by atoms with van der Waals surface area (Å²) < 4.78 is 30.7. The lowest BCUT2D eigenvalue weighted by atomic mass is 10.1. The number of rotatable bonds is 3. The zero-order valence-electron chi connectivity index (χ0n) is 8.76. The molecule has 1 heterocycles. The number of hydrogen-bond donors (Lipinski definition) is 0. The fourth-order valence-electron chi connectivity index (χ4n) is 1.17. The van der Waals surface area contributed by atoms with Gasteiger partial charge in [0.1, 0.15) is 0 Å². The monoisotopic (exact) mass is 341 g/mol. The van der Waals surface area contributed by atoms with Crippen molar-refractivity contribution in [1.82, 2.24) is 4.98 Å². The fourth-order valence-corrected chi connectivity index (χ4v) is 1.80. The van der Waals surface area contributed by atoms with Crippen molar-refractivity contribution < 1.29 is 18.3 Å². The number of hydrogen-bond acceptors (Lipinski definition) is 3. The molecular formula is C10H10F2INO2. The molecule has 1 rings (SSSR count). The van der Waals surface area contributed by atoms with Gasteiger partial charge in [-0.2, -0.15) is 0 Å². The van der Waals surface area contributed by atoms with Gasteiger partial charge in [-0.05, 0) is 42.0 Å². The third kappa shape index (κ3) is 2.66. The van der Waals surface area contributed by atoms with Crippen molar-refractivity contribution >= 4 is 28.6 Å². The molecule has 1 aromatic rings. The Morgan fingerprint density at radius 2 is 2.25 bits per heavy atom. The van der Waals surface area contributed by atoms with E-state index >= 15 is 0 Å². The van der Waals surface area contributed by atoms with E-state index in [1.54, 1.807) is 36.4 Å². The molecule has 0 unspecified atom stereocenters. The number of pyridine rings is 1. The number of aryl methyl sites for hydroxylation is 1. The molecule has 6 heteroatoms. The summed E-state index contributed by atoms with van der Waals surface area (Å²) in [5.74, 6) is -0.810. The Morgan fingerprint density at radius 1 is 1.62 bits per heavy atom. The number of esters is 1. The Labute approximate surface area is 105 Å². The largest absolute Gasteiger partial charge is 0.461 e. The first kappa shape index (κ1) is 13.3. The molecule has 88 valence electrons. The first-order valence-electron chi connectivity index (χ1n) is 4.59. The van der Waals surface area contributed by atoms with E-state index in [1.807, 2.05) is 0 Å². The molecule has 0 N–H and O–H groups in total. The predicted octanol–water partition coefficient (Wildman–Crippen LogP) is 3.11. The highest BCUT2D eigenvalue weighted by molar-refractivity contribution is 14.1. The highest BCUT2D eigenvalue weighted by atomic mass is 127. The third-order valence-corrected chi connectivity index (χ3v) is 3.34. The average Bonchev–Trinajstić information content (AvgIpc) is 2.21. The first-order valence-corrected chi connectivity index (χ1v) is 5.67. The Morgan fingerprint density at radius 3 is 2.75 bits per heavy atom. The molecule has 0 amide bonds. The lowest BCUT2D eigenvalue weighted by molar-refractivity contribution is 0.0507. The van der Waals surface area contributed by atoms with Crippen LogP contribution >= 0.6 is 22.6 Å². The summed E-state index contributed by atoms with van der Waals surface area (Å²) in [5, 5.41) is 0. The van der Waals surface area contributed by atoms with Crippen LogP contribution in [0.1, 0.15) is 35.0 Å². The maximum atomic E-state index is 12.8. The van der Waals surface area contributed by atoms with Crippen molar-refractivity contribution in [1.29, 1.82) is 0 Å². The van der Waals surface area contributed by atoms with Gasteiger partial charge in [0.2, 0.25) is 0 Å². The van der Waals surface area contributed by atoms with Crippen molar-refractivity contribution in [2.45, 2.75) is 20.3 Å². The predicted molar refractivity (Wildman–Crippen MR) is 62.6 cm³/mol. The number of carbonyl (C=O) groups is 1. The maximum absolute atomic E-state index is 12.8. The second-order valence-corrected chi connectivity index (χ2v) is 4.12. The summed E-state index contributed by atoms with van der Waals surface area (Å²) in [5.41, 5.74) is -0.0325. The highest BCUT2D eigenvalue weighted by Crippen LogP contribution is 2.29. The van der Waals surface area contributed by atoms with Crippen LogP contribution in [0, 0.1) is 10.5 Å².